The fourth-order valence-electron chi connectivity index (χ4n) is 9.87. The van der Waals surface area contributed by atoms with Crippen LogP contribution in [0.4, 0.5) is 0 Å². The Morgan fingerprint density at radius 1 is 0.259 bits per heavy atom. The predicted octanol–water partition coefficient (Wildman–Crippen LogP) is 17.2. The SMILES string of the molecule is c1ccc2cc(-c3c4ccccc4c(-c4ccc(-c5ccc6ccc7c(sc8ccc9sc%10ccccc%10c9c87)c6c5)c5ccccc45)c4ccccc34)ccc2c1. The fourth-order valence-corrected chi connectivity index (χ4v) is 12.2. The molecule has 0 aliphatic carbocycles. The average molecular weight is 769 g/mol. The van der Waals surface area contributed by atoms with Gasteiger partial charge in [-0.3, -0.25) is 0 Å². The van der Waals surface area contributed by atoms with Gasteiger partial charge in [0.25, 0.3) is 0 Å². The highest BCUT2D eigenvalue weighted by atomic mass is 32.1. The topological polar surface area (TPSA) is 0 Å². The van der Waals surface area contributed by atoms with Crippen molar-refractivity contribution in [2.45, 2.75) is 0 Å². The van der Waals surface area contributed by atoms with Gasteiger partial charge in [-0.1, -0.05) is 164 Å². The van der Waals surface area contributed by atoms with Gasteiger partial charge in [0, 0.05) is 45.7 Å². The van der Waals surface area contributed by atoms with Crippen LogP contribution in [-0.4, -0.2) is 0 Å². The molecule has 0 spiro atoms. The lowest BCUT2D eigenvalue weighted by atomic mass is 9.83. The quantitative estimate of drug-likeness (QED) is 0.157. The van der Waals surface area contributed by atoms with Gasteiger partial charge < -0.3 is 0 Å². The molecular weight excluding hydrogens is 737 g/mol. The summed E-state index contributed by atoms with van der Waals surface area (Å²) in [5, 5.41) is 18.2. The molecule has 2 heteroatoms. The lowest BCUT2D eigenvalue weighted by Gasteiger charge is -2.20. The Kier molecular flexibility index (Phi) is 6.86. The molecule has 0 amide bonds. The van der Waals surface area contributed by atoms with Gasteiger partial charge in [-0.15, -0.1) is 22.7 Å². The Morgan fingerprint density at radius 2 is 0.793 bits per heavy atom. The van der Waals surface area contributed by atoms with Gasteiger partial charge in [0.15, 0.2) is 0 Å². The van der Waals surface area contributed by atoms with Crippen molar-refractivity contribution in [3.05, 3.63) is 194 Å². The molecule has 0 saturated heterocycles. The number of thiophene rings is 2. The van der Waals surface area contributed by atoms with E-state index in [1.54, 1.807) is 0 Å². The van der Waals surface area contributed by atoms with Crippen molar-refractivity contribution in [2.24, 2.45) is 0 Å². The van der Waals surface area contributed by atoms with Crippen LogP contribution in [0.25, 0.3) is 128 Å². The Labute approximate surface area is 342 Å². The van der Waals surface area contributed by atoms with Gasteiger partial charge in [-0.2, -0.15) is 0 Å². The van der Waals surface area contributed by atoms with Crippen molar-refractivity contribution >= 4 is 117 Å². The zero-order valence-corrected chi connectivity index (χ0v) is 32.9. The summed E-state index contributed by atoms with van der Waals surface area (Å²) in [4.78, 5) is 0. The standard InChI is InChI=1S/C56H32S2/c1-2-12-35-31-37(24-21-33(35)11-1)52-41-15-5-7-17-43(41)53(44-18-8-6-16-42(44)52)45-28-27-38(39-13-3-4-14-40(39)45)36-23-22-34-25-26-47-55-51(58-56(47)48(34)32-36)30-29-50-54(55)46-19-9-10-20-49(46)57-50/h1-32H. The van der Waals surface area contributed by atoms with Crippen LogP contribution in [0, 0.1) is 0 Å². The Balaban J connectivity index is 1.03. The van der Waals surface area contributed by atoms with Gasteiger partial charge in [-0.25, -0.2) is 0 Å². The fraction of sp³-hybridized carbons (Fsp3) is 0. The molecule has 58 heavy (non-hydrogen) atoms. The summed E-state index contributed by atoms with van der Waals surface area (Å²) in [7, 11) is 0. The van der Waals surface area contributed by atoms with Crippen LogP contribution < -0.4 is 0 Å². The van der Waals surface area contributed by atoms with E-state index in [-0.39, 0.29) is 0 Å². The van der Waals surface area contributed by atoms with Gasteiger partial charge in [-0.05, 0) is 112 Å². The van der Waals surface area contributed by atoms with Crippen LogP contribution in [0.2, 0.25) is 0 Å². The van der Waals surface area contributed by atoms with Gasteiger partial charge >= 0.3 is 0 Å². The first-order chi connectivity index (χ1) is 28.8. The molecule has 0 unspecified atom stereocenters. The van der Waals surface area contributed by atoms with Crippen molar-refractivity contribution < 1.29 is 0 Å². The molecule has 2 aromatic heterocycles. The molecule has 0 aliphatic rings. The predicted molar refractivity (Wildman–Crippen MR) is 256 cm³/mol. The van der Waals surface area contributed by atoms with E-state index >= 15 is 0 Å². The molecule has 0 radical (unpaired) electrons. The number of benzene rings is 11. The highest BCUT2D eigenvalue weighted by molar-refractivity contribution is 7.28. The first-order valence-electron chi connectivity index (χ1n) is 19.9. The van der Waals surface area contributed by atoms with Crippen molar-refractivity contribution in [1.29, 1.82) is 0 Å². The second kappa shape index (κ2) is 12.3. The van der Waals surface area contributed by atoms with Crippen molar-refractivity contribution in [3.8, 4) is 33.4 Å². The molecule has 0 N–H and O–H groups in total. The number of hydrogen-bond acceptors (Lipinski definition) is 2. The number of rotatable bonds is 3. The monoisotopic (exact) mass is 768 g/mol. The second-order valence-corrected chi connectivity index (χ2v) is 17.6. The van der Waals surface area contributed by atoms with Crippen molar-refractivity contribution in [3.63, 3.8) is 0 Å². The third kappa shape index (κ3) is 4.62. The van der Waals surface area contributed by atoms with E-state index in [0.717, 1.165) is 0 Å². The Bertz CT molecular complexity index is 3800. The number of fused-ring (bicyclic) bond motifs is 13. The van der Waals surface area contributed by atoms with E-state index in [0.29, 0.717) is 0 Å². The minimum Gasteiger partial charge on any atom is -0.135 e. The maximum Gasteiger partial charge on any atom is 0.0434 e. The second-order valence-electron chi connectivity index (χ2n) is 15.5. The molecule has 13 aromatic rings. The van der Waals surface area contributed by atoms with Crippen LogP contribution in [-0.2, 0) is 0 Å². The summed E-state index contributed by atoms with van der Waals surface area (Å²) in [6.45, 7) is 0. The van der Waals surface area contributed by atoms with Crippen molar-refractivity contribution in [2.75, 3.05) is 0 Å². The molecule has 0 bridgehead atoms. The first kappa shape index (κ1) is 32.3. The van der Waals surface area contributed by atoms with Crippen LogP contribution in [0.15, 0.2) is 194 Å². The van der Waals surface area contributed by atoms with Crippen LogP contribution in [0.1, 0.15) is 0 Å². The highest BCUT2D eigenvalue weighted by Crippen LogP contribution is 2.49. The van der Waals surface area contributed by atoms with Gasteiger partial charge in [0.2, 0.25) is 0 Å². The summed E-state index contributed by atoms with van der Waals surface area (Å²) in [5.41, 5.74) is 7.58. The largest absolute Gasteiger partial charge is 0.135 e. The molecule has 0 saturated carbocycles. The molecule has 0 aliphatic heterocycles. The molecule has 0 fully saturated rings. The zero-order valence-electron chi connectivity index (χ0n) is 31.3. The molecule has 13 rings (SSSR count). The van der Waals surface area contributed by atoms with Crippen LogP contribution in [0.5, 0.6) is 0 Å². The van der Waals surface area contributed by atoms with Gasteiger partial charge in [0.05, 0.1) is 0 Å². The highest BCUT2D eigenvalue weighted by Gasteiger charge is 2.20. The Morgan fingerprint density at radius 3 is 1.55 bits per heavy atom. The van der Waals surface area contributed by atoms with Crippen LogP contribution >= 0.6 is 22.7 Å². The molecule has 2 heterocycles. The Hall–Kier alpha value is -6.84. The summed E-state index contributed by atoms with van der Waals surface area (Å²) in [6, 6.07) is 72.6. The summed E-state index contributed by atoms with van der Waals surface area (Å²) < 4.78 is 5.43. The molecule has 0 atom stereocenters. The average Bonchev–Trinajstić information content (AvgIpc) is 3.86. The third-order valence-electron chi connectivity index (χ3n) is 12.4. The lowest BCUT2D eigenvalue weighted by Crippen LogP contribution is -1.92. The minimum absolute atomic E-state index is 1.24. The summed E-state index contributed by atoms with van der Waals surface area (Å²) >= 11 is 3.83. The van der Waals surface area contributed by atoms with E-state index in [4.69, 9.17) is 0 Å². The lowest BCUT2D eigenvalue weighted by molar-refractivity contribution is 1.67. The minimum atomic E-state index is 1.24. The van der Waals surface area contributed by atoms with Crippen LogP contribution in [0.3, 0.4) is 0 Å². The van der Waals surface area contributed by atoms with Crippen molar-refractivity contribution in [1.82, 2.24) is 0 Å². The van der Waals surface area contributed by atoms with Gasteiger partial charge in [0.1, 0.15) is 0 Å². The maximum absolute atomic E-state index is 2.45. The summed E-state index contributed by atoms with van der Waals surface area (Å²) in [6.07, 6.45) is 0. The smallest absolute Gasteiger partial charge is 0.0434 e. The maximum atomic E-state index is 2.45. The van der Waals surface area contributed by atoms with E-state index in [9.17, 15) is 0 Å². The van der Waals surface area contributed by atoms with E-state index in [2.05, 4.69) is 194 Å². The van der Waals surface area contributed by atoms with E-state index < -0.39 is 0 Å². The molecule has 0 nitrogen and oxygen atoms in total. The summed E-state index contributed by atoms with van der Waals surface area (Å²) in [5.74, 6) is 0. The normalized spacial score (nSPS) is 12.1. The van der Waals surface area contributed by atoms with E-state index in [1.807, 2.05) is 22.7 Å². The third-order valence-corrected chi connectivity index (χ3v) is 14.8. The first-order valence-corrected chi connectivity index (χ1v) is 21.5. The molecule has 11 aromatic carbocycles. The molecule has 268 valence electrons. The molecular formula is C56H32S2. The zero-order chi connectivity index (χ0) is 37.9. The number of hydrogen-bond donors (Lipinski definition) is 0. The van der Waals surface area contributed by atoms with E-state index in [1.165, 1.54) is 128 Å².